The van der Waals surface area contributed by atoms with Gasteiger partial charge in [0.15, 0.2) is 0 Å². The molecule has 0 bridgehead atoms. The van der Waals surface area contributed by atoms with Gasteiger partial charge >= 0.3 is 0 Å². The van der Waals surface area contributed by atoms with Gasteiger partial charge in [-0.1, -0.05) is 0 Å². The predicted molar refractivity (Wildman–Crippen MR) is 52.7 cm³/mol. The minimum atomic E-state index is -0.227. The number of aliphatic hydroxyl groups excluding tert-OH is 1. The molecule has 1 N–H and O–H groups in total. The second-order valence-electron chi connectivity index (χ2n) is 4.15. The number of hydrogen-bond donors (Lipinski definition) is 1. The Kier molecular flexibility index (Phi) is 4.70. The molecule has 0 radical (unpaired) electrons. The summed E-state index contributed by atoms with van der Waals surface area (Å²) in [6.45, 7) is 5.45. The van der Waals surface area contributed by atoms with E-state index < -0.39 is 0 Å². The molecular formula is C10H21NO2. The standard InChI is InChI=1S/C10H21NO2/c1-9(12)6-11(2)7-10-4-3-5-13-8-10/h9-10,12H,3-8H2,1-2H3/t9-,10?/m0/s1. The van der Waals surface area contributed by atoms with Gasteiger partial charge in [-0.3, -0.25) is 0 Å². The number of nitrogens with zero attached hydrogens (tertiary/aromatic N) is 1. The van der Waals surface area contributed by atoms with E-state index in [-0.39, 0.29) is 6.10 Å². The summed E-state index contributed by atoms with van der Waals surface area (Å²) in [5.74, 6) is 0.664. The molecule has 1 unspecified atom stereocenters. The van der Waals surface area contributed by atoms with E-state index in [1.54, 1.807) is 0 Å². The summed E-state index contributed by atoms with van der Waals surface area (Å²) in [6.07, 6.45) is 2.23. The molecule has 1 heterocycles. The molecule has 1 fully saturated rings. The summed E-state index contributed by atoms with van der Waals surface area (Å²) in [6, 6.07) is 0. The average molecular weight is 187 g/mol. The Hall–Kier alpha value is -0.120. The third-order valence-corrected chi connectivity index (χ3v) is 2.40. The molecular weight excluding hydrogens is 166 g/mol. The van der Waals surface area contributed by atoms with E-state index in [2.05, 4.69) is 11.9 Å². The first-order valence-corrected chi connectivity index (χ1v) is 5.13. The Balaban J connectivity index is 2.14. The molecule has 1 aliphatic heterocycles. The molecule has 0 saturated carbocycles. The highest BCUT2D eigenvalue weighted by Gasteiger charge is 2.16. The summed E-state index contributed by atoms with van der Waals surface area (Å²) in [7, 11) is 2.06. The van der Waals surface area contributed by atoms with Gasteiger partial charge in [0, 0.05) is 19.7 Å². The van der Waals surface area contributed by atoms with Crippen molar-refractivity contribution in [3.63, 3.8) is 0 Å². The van der Waals surface area contributed by atoms with Crippen molar-refractivity contribution in [3.05, 3.63) is 0 Å². The minimum Gasteiger partial charge on any atom is -0.392 e. The Morgan fingerprint density at radius 2 is 2.38 bits per heavy atom. The molecule has 3 heteroatoms. The molecule has 0 amide bonds. The van der Waals surface area contributed by atoms with Crippen molar-refractivity contribution in [1.82, 2.24) is 4.90 Å². The predicted octanol–water partition coefficient (Wildman–Crippen LogP) is 0.726. The highest BCUT2D eigenvalue weighted by atomic mass is 16.5. The van der Waals surface area contributed by atoms with E-state index in [4.69, 9.17) is 4.74 Å². The van der Waals surface area contributed by atoms with Crippen LogP contribution in [0.1, 0.15) is 19.8 Å². The maximum Gasteiger partial charge on any atom is 0.0638 e. The van der Waals surface area contributed by atoms with Crippen LogP contribution in [0.2, 0.25) is 0 Å². The first-order chi connectivity index (χ1) is 6.18. The molecule has 2 atom stereocenters. The summed E-state index contributed by atoms with van der Waals surface area (Å²) < 4.78 is 5.40. The van der Waals surface area contributed by atoms with Crippen LogP contribution in [-0.4, -0.2) is 49.5 Å². The molecule has 0 spiro atoms. The van der Waals surface area contributed by atoms with Gasteiger partial charge in [0.1, 0.15) is 0 Å². The minimum absolute atomic E-state index is 0.227. The summed E-state index contributed by atoms with van der Waals surface area (Å²) in [5, 5.41) is 9.18. The van der Waals surface area contributed by atoms with E-state index in [1.807, 2.05) is 6.92 Å². The van der Waals surface area contributed by atoms with E-state index in [0.29, 0.717) is 5.92 Å². The lowest BCUT2D eigenvalue weighted by Crippen LogP contribution is -2.34. The van der Waals surface area contributed by atoms with Gasteiger partial charge < -0.3 is 14.7 Å². The molecule has 0 aliphatic carbocycles. The average Bonchev–Trinajstić information content (AvgIpc) is 2.04. The van der Waals surface area contributed by atoms with Gasteiger partial charge in [-0.15, -0.1) is 0 Å². The monoisotopic (exact) mass is 187 g/mol. The van der Waals surface area contributed by atoms with Crippen molar-refractivity contribution in [3.8, 4) is 0 Å². The molecule has 0 aromatic heterocycles. The van der Waals surface area contributed by atoms with Crippen LogP contribution in [0.15, 0.2) is 0 Å². The zero-order valence-electron chi connectivity index (χ0n) is 8.70. The fraction of sp³-hybridized carbons (Fsp3) is 1.00. The third-order valence-electron chi connectivity index (χ3n) is 2.40. The third kappa shape index (κ3) is 4.60. The Morgan fingerprint density at radius 3 is 2.92 bits per heavy atom. The van der Waals surface area contributed by atoms with Crippen molar-refractivity contribution in [2.24, 2.45) is 5.92 Å². The molecule has 1 saturated heterocycles. The van der Waals surface area contributed by atoms with Crippen LogP contribution in [-0.2, 0) is 4.74 Å². The first kappa shape index (κ1) is 11.0. The van der Waals surface area contributed by atoms with Crippen molar-refractivity contribution in [2.75, 3.05) is 33.4 Å². The normalized spacial score (nSPS) is 26.3. The van der Waals surface area contributed by atoms with Crippen molar-refractivity contribution in [1.29, 1.82) is 0 Å². The molecule has 1 rings (SSSR count). The van der Waals surface area contributed by atoms with Crippen LogP contribution in [0.5, 0.6) is 0 Å². The van der Waals surface area contributed by atoms with Gasteiger partial charge in [-0.25, -0.2) is 0 Å². The van der Waals surface area contributed by atoms with Crippen LogP contribution in [0.3, 0.4) is 0 Å². The highest BCUT2D eigenvalue weighted by molar-refractivity contribution is 4.67. The second-order valence-corrected chi connectivity index (χ2v) is 4.15. The van der Waals surface area contributed by atoms with Crippen LogP contribution >= 0.6 is 0 Å². The van der Waals surface area contributed by atoms with Gasteiger partial charge in [0.05, 0.1) is 12.7 Å². The number of likely N-dealkylation sites (N-methyl/N-ethyl adjacent to an activating group) is 1. The molecule has 13 heavy (non-hydrogen) atoms. The SMILES string of the molecule is C[C@H](O)CN(C)CC1CCCOC1. The van der Waals surface area contributed by atoms with E-state index >= 15 is 0 Å². The van der Waals surface area contributed by atoms with Crippen LogP contribution in [0.4, 0.5) is 0 Å². The Labute approximate surface area is 80.7 Å². The van der Waals surface area contributed by atoms with Crippen LogP contribution < -0.4 is 0 Å². The smallest absolute Gasteiger partial charge is 0.0638 e. The first-order valence-electron chi connectivity index (χ1n) is 5.13. The van der Waals surface area contributed by atoms with Gasteiger partial charge in [-0.05, 0) is 32.7 Å². The van der Waals surface area contributed by atoms with E-state index in [1.165, 1.54) is 12.8 Å². The highest BCUT2D eigenvalue weighted by Crippen LogP contribution is 2.14. The van der Waals surface area contributed by atoms with Gasteiger partial charge in [0.25, 0.3) is 0 Å². The molecule has 78 valence electrons. The largest absolute Gasteiger partial charge is 0.392 e. The van der Waals surface area contributed by atoms with Crippen molar-refractivity contribution in [2.45, 2.75) is 25.9 Å². The maximum absolute atomic E-state index is 9.18. The van der Waals surface area contributed by atoms with Crippen LogP contribution in [0.25, 0.3) is 0 Å². The molecule has 0 aromatic rings. The van der Waals surface area contributed by atoms with Crippen molar-refractivity contribution >= 4 is 0 Å². The number of hydrogen-bond acceptors (Lipinski definition) is 3. The molecule has 3 nitrogen and oxygen atoms in total. The zero-order chi connectivity index (χ0) is 9.68. The van der Waals surface area contributed by atoms with E-state index in [0.717, 1.165) is 26.3 Å². The van der Waals surface area contributed by atoms with Crippen molar-refractivity contribution < 1.29 is 9.84 Å². The summed E-state index contributed by atoms with van der Waals surface area (Å²) in [4.78, 5) is 2.18. The topological polar surface area (TPSA) is 32.7 Å². The summed E-state index contributed by atoms with van der Waals surface area (Å²) in [5.41, 5.74) is 0. The zero-order valence-corrected chi connectivity index (χ0v) is 8.70. The Bertz CT molecular complexity index is 133. The number of rotatable bonds is 4. The Morgan fingerprint density at radius 1 is 1.62 bits per heavy atom. The molecule has 1 aliphatic rings. The maximum atomic E-state index is 9.18. The second kappa shape index (κ2) is 5.58. The lowest BCUT2D eigenvalue weighted by molar-refractivity contribution is 0.0358. The lowest BCUT2D eigenvalue weighted by atomic mass is 10.0. The summed E-state index contributed by atoms with van der Waals surface area (Å²) >= 11 is 0. The number of aliphatic hydroxyl groups is 1. The molecule has 0 aromatic carbocycles. The quantitative estimate of drug-likeness (QED) is 0.704. The number of ether oxygens (including phenoxy) is 1. The van der Waals surface area contributed by atoms with Crippen LogP contribution in [0, 0.1) is 5.92 Å². The van der Waals surface area contributed by atoms with Gasteiger partial charge in [0.2, 0.25) is 0 Å². The fourth-order valence-electron chi connectivity index (χ4n) is 1.92. The van der Waals surface area contributed by atoms with E-state index in [9.17, 15) is 5.11 Å². The van der Waals surface area contributed by atoms with Gasteiger partial charge in [-0.2, -0.15) is 0 Å². The lowest BCUT2D eigenvalue weighted by Gasteiger charge is -2.27. The fourth-order valence-corrected chi connectivity index (χ4v) is 1.92.